The molecule has 2 aromatic carbocycles. The van der Waals surface area contributed by atoms with Crippen LogP contribution < -0.4 is 5.69 Å². The number of carbonyl (C=O) groups is 1. The molecule has 37 heavy (non-hydrogen) atoms. The van der Waals surface area contributed by atoms with Crippen LogP contribution >= 0.6 is 11.6 Å². The van der Waals surface area contributed by atoms with Crippen LogP contribution in [-0.4, -0.2) is 49.2 Å². The highest BCUT2D eigenvalue weighted by molar-refractivity contribution is 6.30. The molecule has 0 spiro atoms. The zero-order valence-corrected chi connectivity index (χ0v) is 19.6. The van der Waals surface area contributed by atoms with Crippen molar-refractivity contribution in [2.24, 2.45) is 0 Å². The van der Waals surface area contributed by atoms with Crippen molar-refractivity contribution in [2.45, 2.75) is 43.9 Å². The van der Waals surface area contributed by atoms with E-state index in [1.807, 2.05) is 0 Å². The van der Waals surface area contributed by atoms with Gasteiger partial charge in [-0.15, -0.1) is 5.10 Å². The Morgan fingerprint density at radius 2 is 1.65 bits per heavy atom. The Hall–Kier alpha value is -3.16. The summed E-state index contributed by atoms with van der Waals surface area (Å²) in [6.07, 6.45) is -13.3. The number of aromatic nitrogens is 3. The molecule has 3 aromatic rings. The normalized spacial score (nSPS) is 14.0. The minimum Gasteiger partial charge on any atom is -0.396 e. The van der Waals surface area contributed by atoms with Crippen LogP contribution in [0.3, 0.4) is 0 Å². The van der Waals surface area contributed by atoms with Gasteiger partial charge in [0.1, 0.15) is 6.54 Å². The lowest BCUT2D eigenvalue weighted by Crippen LogP contribution is -2.37. The molecule has 1 heterocycles. The van der Waals surface area contributed by atoms with Gasteiger partial charge in [-0.1, -0.05) is 29.8 Å². The van der Waals surface area contributed by atoms with E-state index in [0.717, 1.165) is 18.2 Å². The summed E-state index contributed by atoms with van der Waals surface area (Å²) in [6.45, 7) is -2.82. The number of nitrogens with zero attached hydrogens (tertiary/aromatic N) is 3. The van der Waals surface area contributed by atoms with Crippen molar-refractivity contribution in [3.63, 3.8) is 0 Å². The maximum atomic E-state index is 13.4. The van der Waals surface area contributed by atoms with Gasteiger partial charge >= 0.3 is 18.0 Å². The van der Waals surface area contributed by atoms with E-state index in [0.29, 0.717) is 9.25 Å². The third-order valence-corrected chi connectivity index (χ3v) is 5.74. The molecule has 0 amide bonds. The van der Waals surface area contributed by atoms with E-state index < -0.39 is 67.5 Å². The fraction of sp³-hybridized carbons (Fsp3) is 0.348. The van der Waals surface area contributed by atoms with Gasteiger partial charge in [0.2, 0.25) is 0 Å². The summed E-state index contributed by atoms with van der Waals surface area (Å²) >= 11 is 5.82. The van der Waals surface area contributed by atoms with Crippen molar-refractivity contribution in [1.29, 1.82) is 0 Å². The largest absolute Gasteiger partial charge is 0.416 e. The van der Waals surface area contributed by atoms with E-state index >= 15 is 0 Å². The number of Topliss-reactive ketones (excluding diaryl/α,β-unsaturated/α-hetero) is 1. The lowest BCUT2D eigenvalue weighted by molar-refractivity contribution is -0.207. The molecule has 0 bridgehead atoms. The first kappa shape index (κ1) is 28.4. The molecule has 3 rings (SSSR count). The Morgan fingerprint density at radius 3 is 2.22 bits per heavy atom. The summed E-state index contributed by atoms with van der Waals surface area (Å²) in [5.74, 6) is -2.36. The van der Waals surface area contributed by atoms with Crippen molar-refractivity contribution < 1.29 is 41.4 Å². The number of carbonyl (C=O) groups excluding carboxylic acids is 1. The van der Waals surface area contributed by atoms with Crippen LogP contribution in [0.15, 0.2) is 53.3 Å². The summed E-state index contributed by atoms with van der Waals surface area (Å²) < 4.78 is 80.1. The topological polar surface area (TPSA) is 97.3 Å². The first-order valence-corrected chi connectivity index (χ1v) is 11.1. The van der Waals surface area contributed by atoms with Crippen LogP contribution in [0.5, 0.6) is 0 Å². The van der Waals surface area contributed by atoms with E-state index in [2.05, 4.69) is 5.10 Å². The van der Waals surface area contributed by atoms with Crippen molar-refractivity contribution in [1.82, 2.24) is 14.3 Å². The second-order valence-corrected chi connectivity index (χ2v) is 8.58. The monoisotopic (exact) mass is 551 g/mol. The SMILES string of the molecule is O=C(CC(CO)c1ccccc1C(F)(F)F)Cn1nc(-c2ccc(Cl)cc2)n(C[C@H](O)C(F)(F)F)c1=O. The molecule has 0 radical (unpaired) electrons. The number of ketones is 1. The number of aliphatic hydroxyl groups excluding tert-OH is 2. The lowest BCUT2D eigenvalue weighted by Gasteiger charge is -2.19. The fourth-order valence-electron chi connectivity index (χ4n) is 3.69. The van der Waals surface area contributed by atoms with Gasteiger partial charge in [0.05, 0.1) is 18.7 Å². The van der Waals surface area contributed by atoms with E-state index in [1.54, 1.807) is 0 Å². The third kappa shape index (κ3) is 6.79. The van der Waals surface area contributed by atoms with Gasteiger partial charge in [-0.05, 0) is 35.9 Å². The molecule has 14 heteroatoms. The molecule has 2 N–H and O–H groups in total. The summed E-state index contributed by atoms with van der Waals surface area (Å²) in [7, 11) is 0. The van der Waals surface area contributed by atoms with E-state index in [1.165, 1.54) is 30.3 Å². The Labute approximate surface area is 210 Å². The van der Waals surface area contributed by atoms with E-state index in [4.69, 9.17) is 11.6 Å². The quantitative estimate of drug-likeness (QED) is 0.391. The van der Waals surface area contributed by atoms with Gasteiger partial charge in [0.25, 0.3) is 0 Å². The molecular formula is C23H20ClF6N3O4. The first-order chi connectivity index (χ1) is 17.2. The first-order valence-electron chi connectivity index (χ1n) is 10.7. The minimum atomic E-state index is -5.05. The highest BCUT2D eigenvalue weighted by atomic mass is 35.5. The second-order valence-electron chi connectivity index (χ2n) is 8.15. The van der Waals surface area contributed by atoms with Crippen LogP contribution in [0.2, 0.25) is 5.02 Å². The smallest absolute Gasteiger partial charge is 0.396 e. The summed E-state index contributed by atoms with van der Waals surface area (Å²) in [5, 5.41) is 23.4. The third-order valence-electron chi connectivity index (χ3n) is 5.49. The average Bonchev–Trinajstić information content (AvgIpc) is 3.11. The Bertz CT molecular complexity index is 1300. The van der Waals surface area contributed by atoms with Crippen molar-refractivity contribution in [3.05, 3.63) is 75.2 Å². The lowest BCUT2D eigenvalue weighted by atomic mass is 9.90. The number of benzene rings is 2. The van der Waals surface area contributed by atoms with Crippen molar-refractivity contribution in [2.75, 3.05) is 6.61 Å². The number of rotatable bonds is 9. The molecule has 7 nitrogen and oxygen atoms in total. The molecule has 1 unspecified atom stereocenters. The summed E-state index contributed by atoms with van der Waals surface area (Å²) in [5.41, 5.74) is -2.35. The minimum absolute atomic E-state index is 0.161. The zero-order valence-electron chi connectivity index (χ0n) is 18.8. The number of alkyl halides is 6. The molecule has 0 aliphatic carbocycles. The standard InChI is InChI=1S/C23H20ClF6N3O4/c24-15-7-5-13(6-8-15)20-31-33(21(37)32(20)11-19(36)23(28,29)30)10-16(35)9-14(12-34)17-3-1-2-4-18(17)22(25,26)27/h1-8,14,19,34,36H,9-12H2/t14?,19-/m0/s1. The maximum Gasteiger partial charge on any atom is 0.416 e. The molecule has 0 saturated heterocycles. The number of hydrogen-bond donors (Lipinski definition) is 2. The van der Waals surface area contributed by atoms with Gasteiger partial charge in [-0.2, -0.15) is 26.3 Å². The molecule has 2 atom stereocenters. The Morgan fingerprint density at radius 1 is 1.03 bits per heavy atom. The summed E-state index contributed by atoms with van der Waals surface area (Å²) in [6, 6.07) is 9.90. The maximum absolute atomic E-state index is 13.4. The highest BCUT2D eigenvalue weighted by Crippen LogP contribution is 2.36. The average molecular weight is 552 g/mol. The predicted molar refractivity (Wildman–Crippen MR) is 120 cm³/mol. The van der Waals surface area contributed by atoms with Gasteiger partial charge in [0, 0.05) is 22.9 Å². The van der Waals surface area contributed by atoms with Gasteiger partial charge in [0.15, 0.2) is 17.7 Å². The molecule has 200 valence electrons. The van der Waals surface area contributed by atoms with Crippen LogP contribution in [-0.2, 0) is 24.1 Å². The molecule has 0 fully saturated rings. The van der Waals surface area contributed by atoms with Crippen LogP contribution in [0.1, 0.15) is 23.5 Å². The molecule has 0 saturated carbocycles. The van der Waals surface area contributed by atoms with Crippen molar-refractivity contribution in [3.8, 4) is 11.4 Å². The predicted octanol–water partition coefficient (Wildman–Crippen LogP) is 4.04. The summed E-state index contributed by atoms with van der Waals surface area (Å²) in [4.78, 5) is 25.6. The van der Waals surface area contributed by atoms with Gasteiger partial charge < -0.3 is 10.2 Å². The number of aliphatic hydroxyl groups is 2. The highest BCUT2D eigenvalue weighted by Gasteiger charge is 2.39. The van der Waals surface area contributed by atoms with Crippen LogP contribution in [0, 0.1) is 0 Å². The molecule has 0 aliphatic rings. The Balaban J connectivity index is 1.93. The fourth-order valence-corrected chi connectivity index (χ4v) is 3.81. The van der Waals surface area contributed by atoms with Gasteiger partial charge in [-0.25, -0.2) is 9.48 Å². The zero-order chi connectivity index (χ0) is 27.5. The number of halogens is 7. The molecular weight excluding hydrogens is 532 g/mol. The van der Waals surface area contributed by atoms with E-state index in [9.17, 15) is 46.1 Å². The van der Waals surface area contributed by atoms with Gasteiger partial charge in [-0.3, -0.25) is 9.36 Å². The van der Waals surface area contributed by atoms with Crippen LogP contribution in [0.25, 0.3) is 11.4 Å². The van der Waals surface area contributed by atoms with Crippen molar-refractivity contribution >= 4 is 17.4 Å². The number of hydrogen-bond acceptors (Lipinski definition) is 5. The molecule has 1 aromatic heterocycles. The van der Waals surface area contributed by atoms with Crippen LogP contribution in [0.4, 0.5) is 26.3 Å². The Kier molecular flexibility index (Phi) is 8.50. The molecule has 0 aliphatic heterocycles. The van der Waals surface area contributed by atoms with E-state index in [-0.39, 0.29) is 22.0 Å². The second kappa shape index (κ2) is 11.1.